The van der Waals surface area contributed by atoms with Gasteiger partial charge in [-0.1, -0.05) is 84.9 Å². The molecule has 3 atom stereocenters. The number of carbonyl (C=O) groups is 2. The van der Waals surface area contributed by atoms with Gasteiger partial charge in [-0.05, 0) is 58.9 Å². The lowest BCUT2D eigenvalue weighted by atomic mass is 9.88. The third-order valence-electron chi connectivity index (χ3n) is 6.94. The largest absolute Gasteiger partial charge is 0.391 e. The highest BCUT2D eigenvalue weighted by molar-refractivity contribution is 5.94. The van der Waals surface area contributed by atoms with E-state index in [0.29, 0.717) is 24.9 Å². The first-order chi connectivity index (χ1) is 18.5. The first kappa shape index (κ1) is 27.0. The molecule has 0 aromatic heterocycles. The monoisotopic (exact) mass is 509 g/mol. The molecule has 0 saturated heterocycles. The van der Waals surface area contributed by atoms with E-state index >= 15 is 0 Å². The highest BCUT2D eigenvalue weighted by atomic mass is 16.3. The molecular formula is C32H35N3O3. The van der Waals surface area contributed by atoms with Gasteiger partial charge in [0, 0.05) is 25.1 Å². The highest BCUT2D eigenvalue weighted by Crippen LogP contribution is 2.21. The number of aliphatic hydroxyl groups is 1. The minimum absolute atomic E-state index is 0.140. The number of nitrogens with one attached hydrogen (secondary N) is 2. The fourth-order valence-electron chi connectivity index (χ4n) is 4.84. The molecule has 0 spiro atoms. The van der Waals surface area contributed by atoms with Crippen LogP contribution in [-0.2, 0) is 24.2 Å². The Hall–Kier alpha value is -4.00. The Bertz CT molecular complexity index is 1370. The van der Waals surface area contributed by atoms with Crippen molar-refractivity contribution in [1.82, 2.24) is 10.6 Å². The van der Waals surface area contributed by atoms with Crippen LogP contribution in [0.1, 0.15) is 33.5 Å². The SMILES string of the molecule is CNC(=O)C(Cc1ccccc1)CC(O)[C@@H](Cc1ccc2ccccc2c1)NC(=O)c1cccc(CN)c1. The van der Waals surface area contributed by atoms with Crippen LogP contribution in [0.25, 0.3) is 10.8 Å². The Balaban J connectivity index is 1.59. The maximum atomic E-state index is 13.3. The number of hydrogen-bond acceptors (Lipinski definition) is 4. The fourth-order valence-corrected chi connectivity index (χ4v) is 4.84. The average Bonchev–Trinajstić information content (AvgIpc) is 2.96. The minimum atomic E-state index is -0.950. The minimum Gasteiger partial charge on any atom is -0.391 e. The van der Waals surface area contributed by atoms with Crippen LogP contribution in [0.15, 0.2) is 97.1 Å². The van der Waals surface area contributed by atoms with Crippen molar-refractivity contribution in [2.75, 3.05) is 7.05 Å². The van der Waals surface area contributed by atoms with Gasteiger partial charge in [0.2, 0.25) is 5.91 Å². The summed E-state index contributed by atoms with van der Waals surface area (Å²) in [5, 5.41) is 19.4. The molecule has 5 N–H and O–H groups in total. The lowest BCUT2D eigenvalue weighted by Gasteiger charge is -2.27. The lowest BCUT2D eigenvalue weighted by Crippen LogP contribution is -2.46. The number of nitrogens with two attached hydrogens (primary N) is 1. The summed E-state index contributed by atoms with van der Waals surface area (Å²) in [6.45, 7) is 0.331. The van der Waals surface area contributed by atoms with E-state index in [9.17, 15) is 14.7 Å². The van der Waals surface area contributed by atoms with Gasteiger partial charge in [0.25, 0.3) is 5.91 Å². The summed E-state index contributed by atoms with van der Waals surface area (Å²) in [7, 11) is 1.60. The van der Waals surface area contributed by atoms with Gasteiger partial charge in [0.1, 0.15) is 0 Å². The molecule has 4 aromatic carbocycles. The molecule has 6 heteroatoms. The molecule has 0 radical (unpaired) electrons. The molecule has 0 heterocycles. The summed E-state index contributed by atoms with van der Waals surface area (Å²) in [5.41, 5.74) is 9.11. The number of aliphatic hydroxyl groups excluding tert-OH is 1. The molecule has 0 saturated carbocycles. The Morgan fingerprint density at radius 3 is 2.24 bits per heavy atom. The second kappa shape index (κ2) is 13.0. The highest BCUT2D eigenvalue weighted by Gasteiger charge is 2.28. The zero-order chi connectivity index (χ0) is 26.9. The van der Waals surface area contributed by atoms with E-state index in [1.165, 1.54) is 0 Å². The second-order valence-corrected chi connectivity index (χ2v) is 9.67. The van der Waals surface area contributed by atoms with Crippen molar-refractivity contribution in [3.63, 3.8) is 0 Å². The summed E-state index contributed by atoms with van der Waals surface area (Å²) in [4.78, 5) is 26.0. The van der Waals surface area contributed by atoms with E-state index in [1.54, 1.807) is 25.2 Å². The van der Waals surface area contributed by atoms with Crippen LogP contribution in [0, 0.1) is 5.92 Å². The Morgan fingerprint density at radius 1 is 0.789 bits per heavy atom. The molecule has 0 aliphatic heterocycles. The normalized spacial score (nSPS) is 13.4. The van der Waals surface area contributed by atoms with E-state index in [0.717, 1.165) is 27.5 Å². The smallest absolute Gasteiger partial charge is 0.251 e. The van der Waals surface area contributed by atoms with Gasteiger partial charge in [0.15, 0.2) is 0 Å². The summed E-state index contributed by atoms with van der Waals surface area (Å²) in [6, 6.07) is 30.5. The van der Waals surface area contributed by atoms with Gasteiger partial charge in [0.05, 0.1) is 12.1 Å². The lowest BCUT2D eigenvalue weighted by molar-refractivity contribution is -0.125. The van der Waals surface area contributed by atoms with Crippen molar-refractivity contribution in [2.45, 2.75) is 38.0 Å². The molecule has 196 valence electrons. The Labute approximate surface area is 223 Å². The summed E-state index contributed by atoms with van der Waals surface area (Å²) < 4.78 is 0. The number of hydrogen-bond donors (Lipinski definition) is 4. The summed E-state index contributed by atoms with van der Waals surface area (Å²) in [5.74, 6) is -0.877. The van der Waals surface area contributed by atoms with Gasteiger partial charge in [-0.2, -0.15) is 0 Å². The van der Waals surface area contributed by atoms with Crippen molar-refractivity contribution in [3.8, 4) is 0 Å². The van der Waals surface area contributed by atoms with Gasteiger partial charge in [-0.25, -0.2) is 0 Å². The van der Waals surface area contributed by atoms with Crippen molar-refractivity contribution in [1.29, 1.82) is 0 Å². The third kappa shape index (κ3) is 7.06. The van der Waals surface area contributed by atoms with E-state index in [2.05, 4.69) is 22.8 Å². The van der Waals surface area contributed by atoms with Crippen LogP contribution >= 0.6 is 0 Å². The fraction of sp³-hybridized carbons (Fsp3) is 0.250. The van der Waals surface area contributed by atoms with Crippen LogP contribution < -0.4 is 16.4 Å². The van der Waals surface area contributed by atoms with Crippen LogP contribution in [0.3, 0.4) is 0 Å². The number of amides is 2. The quantitative estimate of drug-likeness (QED) is 0.245. The zero-order valence-corrected chi connectivity index (χ0v) is 21.6. The second-order valence-electron chi connectivity index (χ2n) is 9.67. The maximum Gasteiger partial charge on any atom is 0.251 e. The van der Waals surface area contributed by atoms with Crippen LogP contribution in [-0.4, -0.2) is 36.1 Å². The zero-order valence-electron chi connectivity index (χ0n) is 21.6. The number of carbonyl (C=O) groups excluding carboxylic acids is 2. The third-order valence-corrected chi connectivity index (χ3v) is 6.94. The molecule has 2 amide bonds. The predicted molar refractivity (Wildman–Crippen MR) is 152 cm³/mol. The molecule has 4 aromatic rings. The molecule has 2 unspecified atom stereocenters. The number of fused-ring (bicyclic) bond motifs is 1. The molecule has 6 nitrogen and oxygen atoms in total. The van der Waals surface area contributed by atoms with Crippen LogP contribution in [0.5, 0.6) is 0 Å². The molecule has 0 aliphatic rings. The van der Waals surface area contributed by atoms with E-state index in [-0.39, 0.29) is 18.2 Å². The standard InChI is InChI=1S/C32H35N3O3/c1-34-31(37)28(16-22-8-3-2-4-9-22)20-30(36)29(35-32(38)27-13-7-10-24(18-27)21-33)19-23-14-15-25-11-5-6-12-26(25)17-23/h2-15,17-18,28-30,36H,16,19-21,33H2,1H3,(H,34,37)(H,35,38)/t28?,29-,30?/m1/s1. The van der Waals surface area contributed by atoms with Crippen molar-refractivity contribution < 1.29 is 14.7 Å². The van der Waals surface area contributed by atoms with Crippen LogP contribution in [0.4, 0.5) is 0 Å². The summed E-state index contributed by atoms with van der Waals surface area (Å²) in [6.07, 6.45) is 0.164. The van der Waals surface area contributed by atoms with E-state index < -0.39 is 18.1 Å². The van der Waals surface area contributed by atoms with Gasteiger partial charge in [-0.3, -0.25) is 9.59 Å². The maximum absolute atomic E-state index is 13.3. The van der Waals surface area contributed by atoms with Gasteiger partial charge < -0.3 is 21.5 Å². The van der Waals surface area contributed by atoms with Gasteiger partial charge in [-0.15, -0.1) is 0 Å². The van der Waals surface area contributed by atoms with Crippen molar-refractivity contribution in [2.24, 2.45) is 11.7 Å². The molecule has 0 fully saturated rings. The predicted octanol–water partition coefficient (Wildman–Crippen LogP) is 4.00. The van der Waals surface area contributed by atoms with Crippen molar-refractivity contribution in [3.05, 3.63) is 119 Å². The first-order valence-electron chi connectivity index (χ1n) is 13.0. The molecule has 0 aliphatic carbocycles. The molecular weight excluding hydrogens is 474 g/mol. The molecule has 4 rings (SSSR count). The van der Waals surface area contributed by atoms with E-state index in [1.807, 2.05) is 66.7 Å². The van der Waals surface area contributed by atoms with Crippen LogP contribution in [0.2, 0.25) is 0 Å². The summed E-state index contributed by atoms with van der Waals surface area (Å²) >= 11 is 0. The Kier molecular flexibility index (Phi) is 9.25. The first-order valence-corrected chi connectivity index (χ1v) is 13.0. The number of benzene rings is 4. The Morgan fingerprint density at radius 2 is 1.50 bits per heavy atom. The molecule has 38 heavy (non-hydrogen) atoms. The number of rotatable bonds is 11. The van der Waals surface area contributed by atoms with Crippen molar-refractivity contribution >= 4 is 22.6 Å². The van der Waals surface area contributed by atoms with E-state index in [4.69, 9.17) is 5.73 Å². The molecule has 0 bridgehead atoms. The average molecular weight is 510 g/mol. The topological polar surface area (TPSA) is 104 Å². The van der Waals surface area contributed by atoms with Gasteiger partial charge >= 0.3 is 0 Å².